The number of hydrogen-bond donors (Lipinski definition) is 2. The first-order valence-electron chi connectivity index (χ1n) is 8.74. The number of aromatic nitrogens is 2. The van der Waals surface area contributed by atoms with E-state index in [1.54, 1.807) is 24.3 Å². The molecule has 1 aliphatic carbocycles. The largest absolute Gasteiger partial charge is 0.325 e. The van der Waals surface area contributed by atoms with Crippen LogP contribution in [0.1, 0.15) is 28.8 Å². The number of thioether (sulfide) groups is 1. The van der Waals surface area contributed by atoms with E-state index in [-0.39, 0.29) is 17.2 Å². The maximum atomic E-state index is 13.3. The van der Waals surface area contributed by atoms with Crippen molar-refractivity contribution < 1.29 is 9.18 Å². The predicted octanol–water partition coefficient (Wildman–Crippen LogP) is 4.04. The summed E-state index contributed by atoms with van der Waals surface area (Å²) in [6, 6.07) is 4.26. The summed E-state index contributed by atoms with van der Waals surface area (Å²) in [7, 11) is 0. The van der Waals surface area contributed by atoms with Crippen LogP contribution in [0.3, 0.4) is 0 Å². The van der Waals surface area contributed by atoms with Gasteiger partial charge in [0.15, 0.2) is 5.16 Å². The molecule has 140 valence electrons. The van der Waals surface area contributed by atoms with Gasteiger partial charge in [0.2, 0.25) is 5.91 Å². The molecule has 0 spiro atoms. The number of rotatable bonds is 4. The third-order valence-corrected chi connectivity index (χ3v) is 6.68. The van der Waals surface area contributed by atoms with Crippen LogP contribution in [0.4, 0.5) is 10.1 Å². The van der Waals surface area contributed by atoms with Gasteiger partial charge in [-0.1, -0.05) is 17.8 Å². The zero-order valence-electron chi connectivity index (χ0n) is 14.7. The van der Waals surface area contributed by atoms with Crippen LogP contribution >= 0.6 is 23.1 Å². The lowest BCUT2D eigenvalue weighted by atomic mass is 9.97. The van der Waals surface area contributed by atoms with Crippen LogP contribution in [0.15, 0.2) is 28.2 Å². The van der Waals surface area contributed by atoms with Crippen molar-refractivity contribution in [1.82, 2.24) is 9.97 Å². The van der Waals surface area contributed by atoms with Crippen LogP contribution in [-0.4, -0.2) is 21.6 Å². The number of H-pyrrole nitrogens is 1. The van der Waals surface area contributed by atoms with Crippen molar-refractivity contribution in [1.29, 1.82) is 0 Å². The van der Waals surface area contributed by atoms with Gasteiger partial charge in [-0.15, -0.1) is 11.3 Å². The van der Waals surface area contributed by atoms with Gasteiger partial charge in [-0.2, -0.15) is 0 Å². The molecule has 1 aliphatic rings. The molecule has 0 fully saturated rings. The second kappa shape index (κ2) is 7.44. The van der Waals surface area contributed by atoms with E-state index >= 15 is 0 Å². The summed E-state index contributed by atoms with van der Waals surface area (Å²) in [5.41, 5.74) is 2.24. The van der Waals surface area contributed by atoms with Crippen LogP contribution in [0.25, 0.3) is 10.2 Å². The number of aryl methyl sites for hydroxylation is 3. The van der Waals surface area contributed by atoms with Crippen LogP contribution in [0.5, 0.6) is 0 Å². The fourth-order valence-corrected chi connectivity index (χ4v) is 5.24. The SMILES string of the molecule is Cc1ccc(F)cc1NC(=O)CSc1nc2sc3c(c2c(=O)[nH]1)CCCC3. The molecule has 5 nitrogen and oxygen atoms in total. The summed E-state index contributed by atoms with van der Waals surface area (Å²) < 4.78 is 13.3. The number of nitrogens with zero attached hydrogens (tertiary/aromatic N) is 1. The monoisotopic (exact) mass is 403 g/mol. The number of halogens is 1. The highest BCUT2D eigenvalue weighted by molar-refractivity contribution is 7.99. The van der Waals surface area contributed by atoms with E-state index in [2.05, 4.69) is 15.3 Å². The smallest absolute Gasteiger partial charge is 0.260 e. The maximum Gasteiger partial charge on any atom is 0.260 e. The first-order valence-corrected chi connectivity index (χ1v) is 10.5. The highest BCUT2D eigenvalue weighted by Crippen LogP contribution is 2.34. The molecule has 0 saturated carbocycles. The van der Waals surface area contributed by atoms with E-state index in [1.165, 1.54) is 28.8 Å². The summed E-state index contributed by atoms with van der Waals surface area (Å²) in [6.45, 7) is 1.80. The lowest BCUT2D eigenvalue weighted by Crippen LogP contribution is -2.16. The Kier molecular flexibility index (Phi) is 5.01. The minimum absolute atomic E-state index is 0.0789. The van der Waals surface area contributed by atoms with E-state index in [0.29, 0.717) is 16.2 Å². The fraction of sp³-hybridized carbons (Fsp3) is 0.316. The Hall–Kier alpha value is -2.19. The van der Waals surface area contributed by atoms with Crippen LogP contribution in [-0.2, 0) is 17.6 Å². The Bertz CT molecular complexity index is 1090. The van der Waals surface area contributed by atoms with Crippen molar-refractivity contribution in [2.75, 3.05) is 11.1 Å². The van der Waals surface area contributed by atoms with E-state index in [9.17, 15) is 14.0 Å². The van der Waals surface area contributed by atoms with Gasteiger partial charge in [-0.25, -0.2) is 9.37 Å². The highest BCUT2D eigenvalue weighted by Gasteiger charge is 2.20. The number of carbonyl (C=O) groups excluding carboxylic acids is 1. The molecule has 0 saturated heterocycles. The van der Waals surface area contributed by atoms with Crippen LogP contribution in [0.2, 0.25) is 0 Å². The van der Waals surface area contributed by atoms with E-state index in [4.69, 9.17) is 0 Å². The molecule has 0 bridgehead atoms. The van der Waals surface area contributed by atoms with E-state index in [0.717, 1.165) is 41.6 Å². The molecule has 3 aromatic rings. The Labute approximate surface area is 163 Å². The standard InChI is InChI=1S/C19H18FN3O2S2/c1-10-6-7-11(20)8-13(10)21-15(24)9-26-19-22-17(25)16-12-4-2-3-5-14(12)27-18(16)23-19/h6-8H,2-5,9H2,1H3,(H,21,24)(H,22,23,25). The lowest BCUT2D eigenvalue weighted by Gasteiger charge is -2.09. The minimum Gasteiger partial charge on any atom is -0.325 e. The summed E-state index contributed by atoms with van der Waals surface area (Å²) in [4.78, 5) is 34.0. The van der Waals surface area contributed by atoms with E-state index in [1.807, 2.05) is 0 Å². The molecule has 4 rings (SSSR count). The third kappa shape index (κ3) is 3.77. The van der Waals surface area contributed by atoms with Crippen molar-refractivity contribution in [2.24, 2.45) is 0 Å². The van der Waals surface area contributed by atoms with Crippen LogP contribution in [0, 0.1) is 12.7 Å². The number of nitrogens with one attached hydrogen (secondary N) is 2. The summed E-state index contributed by atoms with van der Waals surface area (Å²) in [6.07, 6.45) is 4.20. The van der Waals surface area contributed by atoms with Gasteiger partial charge in [0.1, 0.15) is 10.6 Å². The Balaban J connectivity index is 1.49. The topological polar surface area (TPSA) is 74.8 Å². The zero-order valence-corrected chi connectivity index (χ0v) is 16.4. The Morgan fingerprint density at radius 3 is 3.04 bits per heavy atom. The number of anilines is 1. The molecule has 2 heterocycles. The number of fused-ring (bicyclic) bond motifs is 3. The molecule has 2 aromatic heterocycles. The number of carbonyl (C=O) groups is 1. The molecule has 8 heteroatoms. The van der Waals surface area contributed by atoms with Gasteiger partial charge in [0.05, 0.1) is 11.1 Å². The average Bonchev–Trinajstić information content (AvgIpc) is 3.02. The highest BCUT2D eigenvalue weighted by atomic mass is 32.2. The molecule has 0 aliphatic heterocycles. The van der Waals surface area contributed by atoms with Crippen molar-refractivity contribution in [3.8, 4) is 0 Å². The van der Waals surface area contributed by atoms with E-state index < -0.39 is 5.82 Å². The van der Waals surface area contributed by atoms with Crippen molar-refractivity contribution in [3.63, 3.8) is 0 Å². The number of hydrogen-bond acceptors (Lipinski definition) is 5. The Morgan fingerprint density at radius 2 is 2.19 bits per heavy atom. The lowest BCUT2D eigenvalue weighted by molar-refractivity contribution is -0.113. The van der Waals surface area contributed by atoms with Gasteiger partial charge in [-0.3, -0.25) is 9.59 Å². The number of amides is 1. The minimum atomic E-state index is -0.401. The number of thiophene rings is 1. The van der Waals surface area contributed by atoms with Crippen LogP contribution < -0.4 is 10.9 Å². The fourth-order valence-electron chi connectivity index (χ4n) is 3.26. The second-order valence-electron chi connectivity index (χ2n) is 6.56. The third-order valence-electron chi connectivity index (χ3n) is 4.62. The molecular formula is C19H18FN3O2S2. The summed E-state index contributed by atoms with van der Waals surface area (Å²) >= 11 is 2.75. The normalized spacial score (nSPS) is 13.6. The molecule has 27 heavy (non-hydrogen) atoms. The maximum absolute atomic E-state index is 13.3. The molecular weight excluding hydrogens is 385 g/mol. The van der Waals surface area contributed by atoms with Gasteiger partial charge in [-0.05, 0) is 55.9 Å². The average molecular weight is 404 g/mol. The molecule has 1 aromatic carbocycles. The second-order valence-corrected chi connectivity index (χ2v) is 8.61. The zero-order chi connectivity index (χ0) is 19.0. The van der Waals surface area contributed by atoms with Gasteiger partial charge >= 0.3 is 0 Å². The predicted molar refractivity (Wildman–Crippen MR) is 107 cm³/mol. The molecule has 0 atom stereocenters. The molecule has 0 unspecified atom stereocenters. The molecule has 2 N–H and O–H groups in total. The summed E-state index contributed by atoms with van der Waals surface area (Å²) in [5.74, 6) is -0.598. The Morgan fingerprint density at radius 1 is 1.37 bits per heavy atom. The number of aromatic amines is 1. The van der Waals surface area contributed by atoms with Crippen molar-refractivity contribution in [2.45, 2.75) is 37.8 Å². The quantitative estimate of drug-likeness (QED) is 0.509. The first-order chi connectivity index (χ1) is 13.0. The van der Waals surface area contributed by atoms with Gasteiger partial charge < -0.3 is 10.3 Å². The molecule has 0 radical (unpaired) electrons. The van der Waals surface area contributed by atoms with Gasteiger partial charge in [0, 0.05) is 10.6 Å². The molecule has 1 amide bonds. The number of benzene rings is 1. The van der Waals surface area contributed by atoms with Crippen molar-refractivity contribution >= 4 is 44.9 Å². The first kappa shape index (κ1) is 18.2. The van der Waals surface area contributed by atoms with Gasteiger partial charge in [0.25, 0.3) is 5.56 Å². The summed E-state index contributed by atoms with van der Waals surface area (Å²) in [5, 5.41) is 3.83. The van der Waals surface area contributed by atoms with Crippen molar-refractivity contribution in [3.05, 3.63) is 50.4 Å².